The Kier molecular flexibility index (Phi) is 3.74. The Hall–Kier alpha value is -2.36. The number of benzene rings is 2. The molecule has 0 aliphatic carbocycles. The number of hydrogen-bond donors (Lipinski definition) is 1. The first kappa shape index (κ1) is 14.1. The molecule has 0 saturated heterocycles. The van der Waals surface area contributed by atoms with Gasteiger partial charge in [-0.25, -0.2) is 4.39 Å². The van der Waals surface area contributed by atoms with Crippen molar-refractivity contribution in [1.82, 2.24) is 0 Å². The van der Waals surface area contributed by atoms with Gasteiger partial charge < -0.3 is 10.6 Å². The van der Waals surface area contributed by atoms with E-state index in [0.717, 1.165) is 16.8 Å². The molecule has 0 aliphatic rings. The molecule has 0 heterocycles. The second-order valence-electron chi connectivity index (χ2n) is 4.89. The van der Waals surface area contributed by atoms with Crippen LogP contribution in [0.15, 0.2) is 36.4 Å². The Morgan fingerprint density at radius 2 is 1.85 bits per heavy atom. The van der Waals surface area contributed by atoms with Gasteiger partial charge in [0.15, 0.2) is 0 Å². The van der Waals surface area contributed by atoms with E-state index in [1.54, 1.807) is 11.9 Å². The predicted octanol–water partition coefficient (Wildman–Crippen LogP) is 3.30. The van der Waals surface area contributed by atoms with E-state index in [2.05, 4.69) is 0 Å². The average Bonchev–Trinajstić information content (AvgIpc) is 2.40. The molecule has 2 aromatic rings. The first-order valence-electron chi connectivity index (χ1n) is 6.30. The quantitative estimate of drug-likeness (QED) is 0.853. The van der Waals surface area contributed by atoms with Crippen LogP contribution >= 0.6 is 0 Å². The largest absolute Gasteiger partial charge is 0.396 e. The van der Waals surface area contributed by atoms with E-state index in [1.807, 2.05) is 32.0 Å². The summed E-state index contributed by atoms with van der Waals surface area (Å²) in [5.74, 6) is -0.737. The molecule has 2 N–H and O–H groups in total. The van der Waals surface area contributed by atoms with Crippen molar-refractivity contribution in [3.63, 3.8) is 0 Å². The van der Waals surface area contributed by atoms with Gasteiger partial charge in [-0.2, -0.15) is 0 Å². The molecule has 2 aromatic carbocycles. The van der Waals surface area contributed by atoms with Gasteiger partial charge in [0.1, 0.15) is 5.82 Å². The SMILES string of the molecule is Cc1ccc(N(C)C(=O)c2ccc(F)c(N)c2)c(C)c1. The fraction of sp³-hybridized carbons (Fsp3) is 0.188. The molecule has 0 bridgehead atoms. The molecule has 1 amide bonds. The second kappa shape index (κ2) is 5.33. The minimum Gasteiger partial charge on any atom is -0.396 e. The maximum Gasteiger partial charge on any atom is 0.258 e. The normalized spacial score (nSPS) is 10.4. The standard InChI is InChI=1S/C16H17FN2O/c1-10-4-7-15(11(2)8-10)19(3)16(20)12-5-6-13(17)14(18)9-12/h4-9H,18H2,1-3H3. The van der Waals surface area contributed by atoms with Gasteiger partial charge in [0.2, 0.25) is 0 Å². The van der Waals surface area contributed by atoms with E-state index in [9.17, 15) is 9.18 Å². The number of hydrogen-bond acceptors (Lipinski definition) is 2. The third kappa shape index (κ3) is 2.64. The van der Waals surface area contributed by atoms with Crippen LogP contribution in [0.25, 0.3) is 0 Å². The number of halogens is 1. The fourth-order valence-electron chi connectivity index (χ4n) is 2.16. The highest BCUT2D eigenvalue weighted by molar-refractivity contribution is 6.06. The number of anilines is 2. The summed E-state index contributed by atoms with van der Waals surface area (Å²) in [4.78, 5) is 13.9. The number of carbonyl (C=O) groups is 1. The van der Waals surface area contributed by atoms with Crippen molar-refractivity contribution in [1.29, 1.82) is 0 Å². The van der Waals surface area contributed by atoms with Crippen LogP contribution in [0.5, 0.6) is 0 Å². The lowest BCUT2D eigenvalue weighted by molar-refractivity contribution is 0.0993. The van der Waals surface area contributed by atoms with Crippen LogP contribution in [0.1, 0.15) is 21.5 Å². The molecule has 0 atom stereocenters. The van der Waals surface area contributed by atoms with Gasteiger partial charge >= 0.3 is 0 Å². The molecular weight excluding hydrogens is 255 g/mol. The van der Waals surface area contributed by atoms with Crippen molar-refractivity contribution in [3.8, 4) is 0 Å². The Balaban J connectivity index is 2.34. The monoisotopic (exact) mass is 272 g/mol. The van der Waals surface area contributed by atoms with Crippen molar-refractivity contribution < 1.29 is 9.18 Å². The van der Waals surface area contributed by atoms with Crippen LogP contribution in [0.2, 0.25) is 0 Å². The summed E-state index contributed by atoms with van der Waals surface area (Å²) in [6.45, 7) is 3.95. The maximum absolute atomic E-state index is 13.1. The summed E-state index contributed by atoms with van der Waals surface area (Å²) in [7, 11) is 1.69. The van der Waals surface area contributed by atoms with Crippen LogP contribution in [0.4, 0.5) is 15.8 Å². The van der Waals surface area contributed by atoms with Gasteiger partial charge in [0.05, 0.1) is 5.69 Å². The number of rotatable bonds is 2. The zero-order chi connectivity index (χ0) is 14.9. The van der Waals surface area contributed by atoms with Gasteiger partial charge in [-0.3, -0.25) is 4.79 Å². The van der Waals surface area contributed by atoms with Crippen LogP contribution in [0, 0.1) is 19.7 Å². The highest BCUT2D eigenvalue weighted by Gasteiger charge is 2.16. The van der Waals surface area contributed by atoms with E-state index in [1.165, 1.54) is 18.2 Å². The predicted molar refractivity (Wildman–Crippen MR) is 79.5 cm³/mol. The van der Waals surface area contributed by atoms with Gasteiger partial charge in [-0.05, 0) is 43.7 Å². The average molecular weight is 272 g/mol. The van der Waals surface area contributed by atoms with Gasteiger partial charge in [-0.15, -0.1) is 0 Å². The zero-order valence-electron chi connectivity index (χ0n) is 11.8. The molecule has 0 unspecified atom stereocenters. The highest BCUT2D eigenvalue weighted by atomic mass is 19.1. The number of carbonyl (C=O) groups excluding carboxylic acids is 1. The first-order chi connectivity index (χ1) is 9.40. The van der Waals surface area contributed by atoms with Gasteiger partial charge in [0.25, 0.3) is 5.91 Å². The van der Waals surface area contributed by atoms with Gasteiger partial charge in [-0.1, -0.05) is 17.7 Å². The molecule has 0 aliphatic heterocycles. The Bertz CT molecular complexity index is 668. The number of nitrogens with zero attached hydrogens (tertiary/aromatic N) is 1. The van der Waals surface area contributed by atoms with E-state index in [4.69, 9.17) is 5.73 Å². The molecule has 104 valence electrons. The lowest BCUT2D eigenvalue weighted by Gasteiger charge is -2.20. The molecule has 0 radical (unpaired) electrons. The Morgan fingerprint density at radius 1 is 1.15 bits per heavy atom. The van der Waals surface area contributed by atoms with Crippen LogP contribution < -0.4 is 10.6 Å². The minimum absolute atomic E-state index is 0.0233. The second-order valence-corrected chi connectivity index (χ2v) is 4.89. The number of aryl methyl sites for hydroxylation is 2. The molecule has 20 heavy (non-hydrogen) atoms. The molecule has 2 rings (SSSR count). The van der Waals surface area contributed by atoms with Crippen molar-refractivity contribution in [2.24, 2.45) is 0 Å². The lowest BCUT2D eigenvalue weighted by Crippen LogP contribution is -2.27. The number of nitrogen functional groups attached to an aromatic ring is 1. The first-order valence-corrected chi connectivity index (χ1v) is 6.30. The van der Waals surface area contributed by atoms with Crippen molar-refractivity contribution in [2.75, 3.05) is 17.7 Å². The van der Waals surface area contributed by atoms with E-state index in [-0.39, 0.29) is 11.6 Å². The maximum atomic E-state index is 13.1. The van der Waals surface area contributed by atoms with Crippen molar-refractivity contribution in [3.05, 3.63) is 58.9 Å². The van der Waals surface area contributed by atoms with Gasteiger partial charge in [0, 0.05) is 18.3 Å². The summed E-state index contributed by atoms with van der Waals surface area (Å²) < 4.78 is 13.1. The summed E-state index contributed by atoms with van der Waals surface area (Å²) in [6.07, 6.45) is 0. The molecule has 0 fully saturated rings. The molecule has 0 spiro atoms. The number of amides is 1. The highest BCUT2D eigenvalue weighted by Crippen LogP contribution is 2.22. The topological polar surface area (TPSA) is 46.3 Å². The molecule has 0 aromatic heterocycles. The summed E-state index contributed by atoms with van der Waals surface area (Å²) in [5, 5.41) is 0. The summed E-state index contributed by atoms with van der Waals surface area (Å²) >= 11 is 0. The summed E-state index contributed by atoms with van der Waals surface area (Å²) in [5.41, 5.74) is 8.81. The van der Waals surface area contributed by atoms with Crippen molar-refractivity contribution in [2.45, 2.75) is 13.8 Å². The van der Waals surface area contributed by atoms with Crippen LogP contribution in [0.3, 0.4) is 0 Å². The Morgan fingerprint density at radius 3 is 2.45 bits per heavy atom. The summed E-state index contributed by atoms with van der Waals surface area (Å²) in [6, 6.07) is 9.86. The zero-order valence-corrected chi connectivity index (χ0v) is 11.8. The molecule has 3 nitrogen and oxygen atoms in total. The lowest BCUT2D eigenvalue weighted by atomic mass is 10.1. The number of nitrogens with two attached hydrogens (primary N) is 1. The third-order valence-electron chi connectivity index (χ3n) is 3.26. The molecule has 0 saturated carbocycles. The van der Waals surface area contributed by atoms with Crippen molar-refractivity contribution >= 4 is 17.3 Å². The third-order valence-corrected chi connectivity index (χ3v) is 3.26. The smallest absolute Gasteiger partial charge is 0.258 e. The Labute approximate surface area is 117 Å². The van der Waals surface area contributed by atoms with E-state index >= 15 is 0 Å². The molecular formula is C16H17FN2O. The minimum atomic E-state index is -0.518. The van der Waals surface area contributed by atoms with Crippen LogP contribution in [-0.2, 0) is 0 Å². The molecule has 4 heteroatoms. The fourth-order valence-corrected chi connectivity index (χ4v) is 2.16. The van der Waals surface area contributed by atoms with E-state index in [0.29, 0.717) is 5.56 Å². The van der Waals surface area contributed by atoms with Crippen LogP contribution in [-0.4, -0.2) is 13.0 Å². The van der Waals surface area contributed by atoms with E-state index < -0.39 is 5.82 Å².